The topological polar surface area (TPSA) is 61.6 Å². The Morgan fingerprint density at radius 2 is 2.06 bits per heavy atom. The molecule has 0 aliphatic heterocycles. The Morgan fingerprint density at radius 3 is 2.62 bits per heavy atom. The largest absolute Gasteiger partial charge is 0.298 e. The van der Waals surface area contributed by atoms with E-state index in [1.807, 2.05) is 0 Å². The molecule has 0 bridgehead atoms. The van der Waals surface area contributed by atoms with Crippen LogP contribution in [0.4, 0.5) is 8.78 Å². The molecule has 0 radical (unpaired) electrons. The van der Waals surface area contributed by atoms with Crippen LogP contribution in [-0.4, -0.2) is 9.78 Å². The standard InChI is InChI=1S/C10H5F2N3O/c11-7-4-9(8(12)3-6(7)5-13)15-10(16)1-2-14-15/h1-4,14H. The number of hydrogen-bond donors (Lipinski definition) is 1. The summed E-state index contributed by atoms with van der Waals surface area (Å²) in [7, 11) is 0. The molecule has 0 saturated heterocycles. The Balaban J connectivity index is 2.69. The first kappa shape index (κ1) is 10.1. The summed E-state index contributed by atoms with van der Waals surface area (Å²) in [5, 5.41) is 10.9. The molecule has 0 spiro atoms. The van der Waals surface area contributed by atoms with Crippen molar-refractivity contribution >= 4 is 0 Å². The number of rotatable bonds is 1. The van der Waals surface area contributed by atoms with Gasteiger partial charge in [0.1, 0.15) is 23.4 Å². The van der Waals surface area contributed by atoms with Crippen LogP contribution < -0.4 is 5.56 Å². The molecule has 1 aromatic heterocycles. The second-order valence-electron chi connectivity index (χ2n) is 3.03. The van der Waals surface area contributed by atoms with E-state index in [-0.39, 0.29) is 5.69 Å². The SMILES string of the molecule is N#Cc1cc(F)c(-n2[nH]ccc2=O)cc1F. The molecule has 1 heterocycles. The van der Waals surface area contributed by atoms with Crippen LogP contribution in [0.15, 0.2) is 29.2 Å². The van der Waals surface area contributed by atoms with Gasteiger partial charge < -0.3 is 0 Å². The van der Waals surface area contributed by atoms with Gasteiger partial charge in [0.05, 0.1) is 5.56 Å². The number of nitrogens with zero attached hydrogens (tertiary/aromatic N) is 2. The highest BCUT2D eigenvalue weighted by Crippen LogP contribution is 2.16. The van der Waals surface area contributed by atoms with Gasteiger partial charge in [0.2, 0.25) is 0 Å². The van der Waals surface area contributed by atoms with Gasteiger partial charge in [0.15, 0.2) is 0 Å². The third-order valence-corrected chi connectivity index (χ3v) is 2.05. The summed E-state index contributed by atoms with van der Waals surface area (Å²) >= 11 is 0. The van der Waals surface area contributed by atoms with Gasteiger partial charge in [-0.3, -0.25) is 9.89 Å². The Kier molecular flexibility index (Phi) is 2.29. The Labute approximate surface area is 88.3 Å². The molecule has 1 N–H and O–H groups in total. The summed E-state index contributed by atoms with van der Waals surface area (Å²) < 4.78 is 27.5. The zero-order valence-corrected chi connectivity index (χ0v) is 7.87. The number of halogens is 2. The maximum absolute atomic E-state index is 13.5. The molecule has 1 aromatic carbocycles. The molecular formula is C10H5F2N3O. The van der Waals surface area contributed by atoms with E-state index in [4.69, 9.17) is 5.26 Å². The minimum atomic E-state index is -0.875. The van der Waals surface area contributed by atoms with E-state index in [1.54, 1.807) is 0 Å². The van der Waals surface area contributed by atoms with Gasteiger partial charge in [-0.05, 0) is 6.07 Å². The van der Waals surface area contributed by atoms with Gasteiger partial charge in [0.25, 0.3) is 5.56 Å². The van der Waals surface area contributed by atoms with Crippen molar-refractivity contribution in [2.45, 2.75) is 0 Å². The lowest BCUT2D eigenvalue weighted by molar-refractivity contribution is 0.582. The first-order chi connectivity index (χ1) is 7.63. The lowest BCUT2D eigenvalue weighted by Crippen LogP contribution is -2.15. The lowest BCUT2D eigenvalue weighted by atomic mass is 10.2. The fourth-order valence-corrected chi connectivity index (χ4v) is 1.30. The second-order valence-corrected chi connectivity index (χ2v) is 3.03. The van der Waals surface area contributed by atoms with E-state index < -0.39 is 22.8 Å². The van der Waals surface area contributed by atoms with Crippen LogP contribution in [0.25, 0.3) is 5.69 Å². The number of nitrogens with one attached hydrogen (secondary N) is 1. The van der Waals surface area contributed by atoms with Crippen LogP contribution in [0.3, 0.4) is 0 Å². The molecule has 6 heteroatoms. The predicted octanol–water partition coefficient (Wildman–Crippen LogP) is 1.32. The lowest BCUT2D eigenvalue weighted by Gasteiger charge is -2.04. The average molecular weight is 221 g/mol. The Hall–Kier alpha value is -2.42. The molecule has 2 aromatic rings. The molecule has 80 valence electrons. The number of aromatic amines is 1. The van der Waals surface area contributed by atoms with Gasteiger partial charge in [-0.2, -0.15) is 5.26 Å². The smallest absolute Gasteiger partial charge is 0.271 e. The van der Waals surface area contributed by atoms with Gasteiger partial charge in [0, 0.05) is 18.3 Å². The van der Waals surface area contributed by atoms with Crippen LogP contribution in [0.1, 0.15) is 5.56 Å². The molecule has 0 fully saturated rings. The summed E-state index contributed by atoms with van der Waals surface area (Å²) in [5.41, 5.74) is -1.17. The van der Waals surface area contributed by atoms with E-state index in [9.17, 15) is 13.6 Å². The van der Waals surface area contributed by atoms with Crippen molar-refractivity contribution in [2.75, 3.05) is 0 Å². The monoisotopic (exact) mass is 221 g/mol. The maximum Gasteiger partial charge on any atom is 0.271 e. The Bertz CT molecular complexity index is 636. The maximum atomic E-state index is 13.5. The number of aromatic nitrogens is 2. The van der Waals surface area contributed by atoms with Crippen molar-refractivity contribution in [1.82, 2.24) is 9.78 Å². The van der Waals surface area contributed by atoms with Gasteiger partial charge in [-0.1, -0.05) is 0 Å². The van der Waals surface area contributed by atoms with E-state index in [0.29, 0.717) is 0 Å². The average Bonchev–Trinajstić information content (AvgIpc) is 2.67. The van der Waals surface area contributed by atoms with Crippen molar-refractivity contribution in [3.8, 4) is 11.8 Å². The number of nitriles is 1. The van der Waals surface area contributed by atoms with Crippen LogP contribution in [0, 0.1) is 23.0 Å². The molecule has 0 aliphatic carbocycles. The molecule has 0 unspecified atom stereocenters. The summed E-state index contributed by atoms with van der Waals surface area (Å²) in [6.07, 6.45) is 1.30. The highest BCUT2D eigenvalue weighted by atomic mass is 19.1. The van der Waals surface area contributed by atoms with E-state index in [0.717, 1.165) is 16.8 Å². The molecule has 16 heavy (non-hydrogen) atoms. The van der Waals surface area contributed by atoms with Crippen LogP contribution in [0.5, 0.6) is 0 Å². The molecule has 0 atom stereocenters. The molecule has 0 aliphatic rings. The minimum Gasteiger partial charge on any atom is -0.298 e. The molecular weight excluding hydrogens is 216 g/mol. The highest BCUT2D eigenvalue weighted by molar-refractivity contribution is 5.41. The molecule has 0 amide bonds. The minimum absolute atomic E-state index is 0.258. The molecule has 4 nitrogen and oxygen atoms in total. The third kappa shape index (κ3) is 1.48. The van der Waals surface area contributed by atoms with Gasteiger partial charge >= 0.3 is 0 Å². The van der Waals surface area contributed by atoms with Crippen molar-refractivity contribution in [3.63, 3.8) is 0 Å². The highest BCUT2D eigenvalue weighted by Gasteiger charge is 2.12. The Morgan fingerprint density at radius 1 is 1.31 bits per heavy atom. The number of benzene rings is 1. The number of H-pyrrole nitrogens is 1. The van der Waals surface area contributed by atoms with Crippen molar-refractivity contribution < 1.29 is 8.78 Å². The zero-order valence-electron chi connectivity index (χ0n) is 7.87. The zero-order chi connectivity index (χ0) is 11.7. The summed E-state index contributed by atoms with van der Waals surface area (Å²) in [6.45, 7) is 0. The van der Waals surface area contributed by atoms with Crippen LogP contribution in [0.2, 0.25) is 0 Å². The fraction of sp³-hybridized carbons (Fsp3) is 0. The van der Waals surface area contributed by atoms with E-state index >= 15 is 0 Å². The van der Waals surface area contributed by atoms with Crippen LogP contribution >= 0.6 is 0 Å². The fourth-order valence-electron chi connectivity index (χ4n) is 1.30. The number of hydrogen-bond acceptors (Lipinski definition) is 2. The van der Waals surface area contributed by atoms with E-state index in [2.05, 4.69) is 5.10 Å². The third-order valence-electron chi connectivity index (χ3n) is 2.05. The molecule has 2 rings (SSSR count). The first-order valence-corrected chi connectivity index (χ1v) is 4.29. The predicted molar refractivity (Wildman–Crippen MR) is 51.0 cm³/mol. The summed E-state index contributed by atoms with van der Waals surface area (Å²) in [6, 6.07) is 4.23. The first-order valence-electron chi connectivity index (χ1n) is 4.29. The quantitative estimate of drug-likeness (QED) is 0.789. The summed E-state index contributed by atoms with van der Waals surface area (Å²) in [5.74, 6) is -1.72. The second kappa shape index (κ2) is 3.62. The van der Waals surface area contributed by atoms with Crippen molar-refractivity contribution in [2.24, 2.45) is 0 Å². The molecule has 0 saturated carbocycles. The van der Waals surface area contributed by atoms with Gasteiger partial charge in [-0.25, -0.2) is 13.5 Å². The van der Waals surface area contributed by atoms with E-state index in [1.165, 1.54) is 18.3 Å². The van der Waals surface area contributed by atoms with Gasteiger partial charge in [-0.15, -0.1) is 0 Å². The van der Waals surface area contributed by atoms with Crippen molar-refractivity contribution in [1.29, 1.82) is 5.26 Å². The summed E-state index contributed by atoms with van der Waals surface area (Å²) in [4.78, 5) is 11.2. The van der Waals surface area contributed by atoms with Crippen LogP contribution in [-0.2, 0) is 0 Å². The normalized spacial score (nSPS) is 10.1. The van der Waals surface area contributed by atoms with Crippen molar-refractivity contribution in [3.05, 3.63) is 51.9 Å².